The van der Waals surface area contributed by atoms with Crippen molar-refractivity contribution < 1.29 is 9.84 Å². The van der Waals surface area contributed by atoms with E-state index in [1.807, 2.05) is 37.3 Å². The molecule has 0 saturated heterocycles. The average Bonchev–Trinajstić information content (AvgIpc) is 3.52. The highest BCUT2D eigenvalue weighted by atomic mass is 16.5. The van der Waals surface area contributed by atoms with Crippen LogP contribution in [0.15, 0.2) is 55.0 Å². The summed E-state index contributed by atoms with van der Waals surface area (Å²) in [6.07, 6.45) is 5.33. The van der Waals surface area contributed by atoms with Crippen LogP contribution < -0.4 is 4.74 Å². The summed E-state index contributed by atoms with van der Waals surface area (Å²) in [6.45, 7) is 4.20. The zero-order valence-electron chi connectivity index (χ0n) is 17.1. The van der Waals surface area contributed by atoms with E-state index in [1.165, 1.54) is 0 Å². The highest BCUT2D eigenvalue weighted by Gasteiger charge is 2.27. The van der Waals surface area contributed by atoms with Crippen LogP contribution in [0.25, 0.3) is 33.4 Å². The molecule has 1 aliphatic rings. The average molecular weight is 400 g/mol. The fourth-order valence-corrected chi connectivity index (χ4v) is 3.82. The summed E-state index contributed by atoms with van der Waals surface area (Å²) in [4.78, 5) is 9.11. The number of benzene rings is 2. The Morgan fingerprint density at radius 2 is 1.93 bits per heavy atom. The Bertz CT molecular complexity index is 1200. The van der Waals surface area contributed by atoms with Gasteiger partial charge < -0.3 is 9.84 Å². The van der Waals surface area contributed by atoms with Crippen molar-refractivity contribution in [3.8, 4) is 28.3 Å². The van der Waals surface area contributed by atoms with Crippen LogP contribution in [0.5, 0.6) is 5.75 Å². The van der Waals surface area contributed by atoms with Crippen LogP contribution in [0.4, 0.5) is 0 Å². The van der Waals surface area contributed by atoms with Gasteiger partial charge in [0.15, 0.2) is 0 Å². The molecular weight excluding hydrogens is 376 g/mol. The maximum Gasteiger partial charge on any atom is 0.127 e. The first-order valence-electron chi connectivity index (χ1n) is 10.4. The summed E-state index contributed by atoms with van der Waals surface area (Å²) >= 11 is 0. The van der Waals surface area contributed by atoms with Gasteiger partial charge in [-0.1, -0.05) is 30.3 Å². The van der Waals surface area contributed by atoms with Gasteiger partial charge in [0.2, 0.25) is 0 Å². The smallest absolute Gasteiger partial charge is 0.127 e. The normalized spacial score (nSPS) is 14.8. The van der Waals surface area contributed by atoms with Crippen molar-refractivity contribution in [2.24, 2.45) is 0 Å². The molecule has 30 heavy (non-hydrogen) atoms. The number of rotatable bonds is 6. The highest BCUT2D eigenvalue weighted by Crippen LogP contribution is 2.41. The monoisotopic (exact) mass is 400 g/mol. The fourth-order valence-electron chi connectivity index (χ4n) is 3.82. The minimum atomic E-state index is -0.660. The Morgan fingerprint density at radius 3 is 2.63 bits per heavy atom. The lowest BCUT2D eigenvalue weighted by Gasteiger charge is -2.15. The maximum atomic E-state index is 10.3. The van der Waals surface area contributed by atoms with Crippen molar-refractivity contribution in [3.05, 3.63) is 60.6 Å². The number of aromatic nitrogens is 4. The predicted octanol–water partition coefficient (Wildman–Crippen LogP) is 4.95. The summed E-state index contributed by atoms with van der Waals surface area (Å²) in [7, 11) is 0. The number of ether oxygens (including phenoxy) is 1. The first-order chi connectivity index (χ1) is 14.7. The summed E-state index contributed by atoms with van der Waals surface area (Å²) in [5.41, 5.74) is 5.27. The molecule has 0 radical (unpaired) electrons. The number of aliphatic hydroxyl groups excluding tert-OH is 1. The third-order valence-electron chi connectivity index (χ3n) is 5.47. The van der Waals surface area contributed by atoms with Crippen LogP contribution in [0.3, 0.4) is 0 Å². The van der Waals surface area contributed by atoms with Gasteiger partial charge >= 0.3 is 0 Å². The van der Waals surface area contributed by atoms with Gasteiger partial charge in [0.05, 0.1) is 30.0 Å². The third-order valence-corrected chi connectivity index (χ3v) is 5.47. The van der Waals surface area contributed by atoms with Crippen LogP contribution in [-0.2, 0) is 0 Å². The maximum absolute atomic E-state index is 10.3. The van der Waals surface area contributed by atoms with Crippen molar-refractivity contribution in [2.75, 3.05) is 6.61 Å². The molecule has 1 N–H and O–H groups in total. The Balaban J connectivity index is 1.74. The molecule has 1 saturated carbocycles. The molecular formula is C24H24N4O2. The fraction of sp³-hybridized carbons (Fsp3) is 0.292. The van der Waals surface area contributed by atoms with E-state index in [-0.39, 0.29) is 0 Å². The molecule has 5 rings (SSSR count). The molecule has 1 unspecified atom stereocenters. The van der Waals surface area contributed by atoms with E-state index >= 15 is 0 Å². The molecule has 0 bridgehead atoms. The second-order valence-electron chi connectivity index (χ2n) is 7.71. The summed E-state index contributed by atoms with van der Waals surface area (Å²) in [6, 6.07) is 14.5. The minimum Gasteiger partial charge on any atom is -0.493 e. The quantitative estimate of drug-likeness (QED) is 0.496. The van der Waals surface area contributed by atoms with Gasteiger partial charge in [-0.25, -0.2) is 9.97 Å². The number of aliphatic hydroxyl groups is 1. The molecule has 4 aromatic rings. The van der Waals surface area contributed by atoms with E-state index < -0.39 is 6.10 Å². The van der Waals surface area contributed by atoms with Gasteiger partial charge in [0.25, 0.3) is 0 Å². The van der Waals surface area contributed by atoms with Gasteiger partial charge in [0.1, 0.15) is 17.8 Å². The Hall–Kier alpha value is -3.25. The number of nitrogens with zero attached hydrogens (tertiary/aromatic N) is 4. The second kappa shape index (κ2) is 7.54. The van der Waals surface area contributed by atoms with Gasteiger partial charge in [-0.3, -0.25) is 4.68 Å². The molecule has 0 amide bonds. The molecule has 152 valence electrons. The molecule has 1 atom stereocenters. The topological polar surface area (TPSA) is 73.1 Å². The summed E-state index contributed by atoms with van der Waals surface area (Å²) < 4.78 is 7.82. The zero-order valence-corrected chi connectivity index (χ0v) is 17.1. The highest BCUT2D eigenvalue weighted by molar-refractivity contribution is 5.97. The van der Waals surface area contributed by atoms with Crippen LogP contribution in [0.1, 0.15) is 44.4 Å². The third kappa shape index (κ3) is 3.33. The lowest BCUT2D eigenvalue weighted by Crippen LogP contribution is -2.01. The largest absolute Gasteiger partial charge is 0.493 e. The SMILES string of the molecule is CCOc1cc2ncnc(-c3cn(C4CC4)nc3-c3ccccc3)c2cc1C(C)O. The van der Waals surface area contributed by atoms with Gasteiger partial charge in [-0.05, 0) is 32.8 Å². The summed E-state index contributed by atoms with van der Waals surface area (Å²) in [5.74, 6) is 0.654. The van der Waals surface area contributed by atoms with Gasteiger partial charge in [0, 0.05) is 34.3 Å². The zero-order chi connectivity index (χ0) is 20.7. The molecule has 2 heterocycles. The van der Waals surface area contributed by atoms with Crippen molar-refractivity contribution in [1.82, 2.24) is 19.7 Å². The van der Waals surface area contributed by atoms with E-state index in [4.69, 9.17) is 9.84 Å². The molecule has 1 fully saturated rings. The molecule has 6 heteroatoms. The van der Waals surface area contributed by atoms with Crippen molar-refractivity contribution in [1.29, 1.82) is 0 Å². The molecule has 2 aromatic carbocycles. The molecule has 6 nitrogen and oxygen atoms in total. The van der Waals surface area contributed by atoms with Gasteiger partial charge in [-0.15, -0.1) is 0 Å². The Kier molecular flexibility index (Phi) is 4.71. The lowest BCUT2D eigenvalue weighted by molar-refractivity contribution is 0.192. The van der Waals surface area contributed by atoms with Crippen molar-refractivity contribution in [2.45, 2.75) is 38.8 Å². The molecule has 1 aliphatic carbocycles. The summed E-state index contributed by atoms with van der Waals surface area (Å²) in [5, 5.41) is 16.1. The van der Waals surface area contributed by atoms with Crippen LogP contribution in [0.2, 0.25) is 0 Å². The van der Waals surface area contributed by atoms with Crippen LogP contribution >= 0.6 is 0 Å². The predicted molar refractivity (Wildman–Crippen MR) is 116 cm³/mol. The van der Waals surface area contributed by atoms with Crippen LogP contribution in [-0.4, -0.2) is 31.5 Å². The van der Waals surface area contributed by atoms with E-state index in [9.17, 15) is 5.11 Å². The van der Waals surface area contributed by atoms with Crippen LogP contribution in [0, 0.1) is 0 Å². The first kappa shape index (κ1) is 18.8. The van der Waals surface area contributed by atoms with E-state index in [0.717, 1.165) is 51.8 Å². The van der Waals surface area contributed by atoms with Crippen molar-refractivity contribution in [3.63, 3.8) is 0 Å². The van der Waals surface area contributed by atoms with E-state index in [2.05, 4.69) is 33.0 Å². The molecule has 2 aromatic heterocycles. The number of hydrogen-bond donors (Lipinski definition) is 1. The Morgan fingerprint density at radius 1 is 1.13 bits per heavy atom. The van der Waals surface area contributed by atoms with Gasteiger partial charge in [-0.2, -0.15) is 5.10 Å². The number of fused-ring (bicyclic) bond motifs is 1. The molecule has 0 spiro atoms. The Labute approximate surface area is 175 Å². The van der Waals surface area contributed by atoms with Crippen molar-refractivity contribution >= 4 is 10.9 Å². The molecule has 0 aliphatic heterocycles. The minimum absolute atomic E-state index is 0.465. The lowest BCUT2D eigenvalue weighted by atomic mass is 10.00. The second-order valence-corrected chi connectivity index (χ2v) is 7.71. The van der Waals surface area contributed by atoms with E-state index in [1.54, 1.807) is 13.3 Å². The standard InChI is InChI=1S/C24H24N4O2/c1-3-30-22-12-21-19(11-18(22)15(2)29)24(26-14-25-21)20-13-28(17-9-10-17)27-23(20)16-7-5-4-6-8-16/h4-8,11-15,17,29H,3,9-10H2,1-2H3. The number of hydrogen-bond acceptors (Lipinski definition) is 5. The van der Waals surface area contributed by atoms with E-state index in [0.29, 0.717) is 18.4 Å². The first-order valence-corrected chi connectivity index (χ1v) is 10.4.